The van der Waals surface area contributed by atoms with E-state index in [9.17, 15) is 28.4 Å². The summed E-state index contributed by atoms with van der Waals surface area (Å²) < 4.78 is 45.6. The van der Waals surface area contributed by atoms with Gasteiger partial charge in [-0.3, -0.25) is 9.36 Å². The van der Waals surface area contributed by atoms with Gasteiger partial charge in [-0.1, -0.05) is 0 Å². The van der Waals surface area contributed by atoms with Crippen molar-refractivity contribution < 1.29 is 42.5 Å². The van der Waals surface area contributed by atoms with Crippen molar-refractivity contribution in [1.82, 2.24) is 14.8 Å². The van der Waals surface area contributed by atoms with E-state index in [1.54, 1.807) is 0 Å². The van der Waals surface area contributed by atoms with Crippen molar-refractivity contribution in [2.75, 3.05) is 6.61 Å². The van der Waals surface area contributed by atoms with Crippen LogP contribution < -0.4 is 5.73 Å². The van der Waals surface area contributed by atoms with Gasteiger partial charge in [-0.05, 0) is 0 Å². The lowest BCUT2D eigenvalue weighted by Crippen LogP contribution is -2.33. The molecule has 5 atom stereocenters. The average Bonchev–Trinajstić information content (AvgIpc) is 3.04. The topological polar surface area (TPSA) is 170 Å². The van der Waals surface area contributed by atoms with Crippen molar-refractivity contribution in [3.8, 4) is 0 Å². The number of alkyl halides is 2. The number of halogens is 2. The first-order valence-corrected chi connectivity index (χ1v) is 7.76. The van der Waals surface area contributed by atoms with Gasteiger partial charge in [0.25, 0.3) is 5.91 Å². The van der Waals surface area contributed by atoms with E-state index in [1.165, 1.54) is 0 Å². The molecule has 0 radical (unpaired) electrons. The Bertz CT molecular complexity index is 629. The maximum absolute atomic E-state index is 12.2. The number of hydrogen-bond acceptors (Lipinski definition) is 8. The molecule has 1 aliphatic rings. The normalized spacial score (nSPS) is 30.5. The summed E-state index contributed by atoms with van der Waals surface area (Å²) in [5.74, 6) is -1.30. The van der Waals surface area contributed by atoms with Crippen molar-refractivity contribution in [3.05, 3.63) is 12.2 Å². The number of aromatic nitrogens is 3. The Morgan fingerprint density at radius 1 is 1.52 bits per heavy atom. The molecule has 1 fully saturated rings. The summed E-state index contributed by atoms with van der Waals surface area (Å²) in [5, 5.41) is 23.2. The molecule has 14 heteroatoms. The maximum Gasteiger partial charge on any atom is 0.394 e. The number of aliphatic hydroxyl groups is 2. The van der Waals surface area contributed by atoms with Crippen molar-refractivity contribution in [2.45, 2.75) is 30.7 Å². The Kier molecular flexibility index (Phi) is 5.08. The van der Waals surface area contributed by atoms with E-state index >= 15 is 0 Å². The van der Waals surface area contributed by atoms with Crippen LogP contribution in [-0.4, -0.2) is 66.9 Å². The van der Waals surface area contributed by atoms with Crippen LogP contribution in [0.25, 0.3) is 0 Å². The van der Waals surface area contributed by atoms with Crippen LogP contribution in [0.3, 0.4) is 0 Å². The van der Waals surface area contributed by atoms with Gasteiger partial charge in [0.15, 0.2) is 6.23 Å². The zero-order chi connectivity index (χ0) is 17.4. The number of carbonyl (C=O) groups excluding carboxylic acids is 1. The van der Waals surface area contributed by atoms with Crippen LogP contribution in [0.1, 0.15) is 16.8 Å². The van der Waals surface area contributed by atoms with Crippen LogP contribution in [0.2, 0.25) is 0 Å². The Labute approximate surface area is 127 Å². The van der Waals surface area contributed by atoms with Crippen LogP contribution in [0, 0.1) is 0 Å². The van der Waals surface area contributed by atoms with Crippen LogP contribution in [0.5, 0.6) is 0 Å². The van der Waals surface area contributed by atoms with Crippen molar-refractivity contribution >= 4 is 13.5 Å². The van der Waals surface area contributed by atoms with E-state index in [0.717, 1.165) is 11.0 Å². The molecule has 23 heavy (non-hydrogen) atoms. The van der Waals surface area contributed by atoms with E-state index in [2.05, 4.69) is 14.6 Å². The van der Waals surface area contributed by atoms with Gasteiger partial charge < -0.3 is 30.1 Å². The van der Waals surface area contributed by atoms with Crippen LogP contribution in [0.4, 0.5) is 8.78 Å². The Hall–Kier alpha value is -1.50. The summed E-state index contributed by atoms with van der Waals surface area (Å²) in [5.41, 5.74) is 4.96. The predicted octanol–water partition coefficient (Wildman–Crippen LogP) is -1.58. The molecule has 1 saturated heterocycles. The van der Waals surface area contributed by atoms with Gasteiger partial charge in [0, 0.05) is 0 Å². The fraction of sp³-hybridized carbons (Fsp3) is 0.667. The third kappa shape index (κ3) is 3.71. The third-order valence-electron chi connectivity index (χ3n) is 3.00. The molecule has 1 aromatic heterocycles. The molecule has 2 unspecified atom stereocenters. The zero-order valence-corrected chi connectivity index (χ0v) is 12.2. The largest absolute Gasteiger partial charge is 0.394 e. The highest BCUT2D eigenvalue weighted by molar-refractivity contribution is 7.53. The molecule has 0 aromatic carbocycles. The van der Waals surface area contributed by atoms with E-state index in [4.69, 9.17) is 15.4 Å². The number of aliphatic hydroxyl groups excluding tert-OH is 2. The molecule has 2 rings (SSSR count). The minimum Gasteiger partial charge on any atom is -0.387 e. The second kappa shape index (κ2) is 6.55. The molecule has 0 aliphatic carbocycles. The summed E-state index contributed by atoms with van der Waals surface area (Å²) in [7, 11) is -5.17. The number of nitrogens with zero attached hydrogens (tertiary/aromatic N) is 3. The van der Waals surface area contributed by atoms with Gasteiger partial charge in [-0.2, -0.15) is 8.78 Å². The van der Waals surface area contributed by atoms with Gasteiger partial charge >= 0.3 is 13.8 Å². The van der Waals surface area contributed by atoms with Crippen LogP contribution in [-0.2, 0) is 13.8 Å². The smallest absolute Gasteiger partial charge is 0.387 e. The highest BCUT2D eigenvalue weighted by Crippen LogP contribution is 2.49. The van der Waals surface area contributed by atoms with E-state index < -0.39 is 50.8 Å². The van der Waals surface area contributed by atoms with Gasteiger partial charge in [-0.25, -0.2) is 9.67 Å². The number of carbonyl (C=O) groups is 1. The minimum absolute atomic E-state index is 0.368. The Morgan fingerprint density at radius 3 is 2.70 bits per heavy atom. The summed E-state index contributed by atoms with van der Waals surface area (Å²) >= 11 is 0. The van der Waals surface area contributed by atoms with Gasteiger partial charge in [-0.15, -0.1) is 5.10 Å². The number of rotatable bonds is 6. The lowest BCUT2D eigenvalue weighted by atomic mass is 10.1. The third-order valence-corrected chi connectivity index (χ3v) is 4.01. The van der Waals surface area contributed by atoms with Crippen molar-refractivity contribution in [2.24, 2.45) is 5.73 Å². The number of ether oxygens (including phenoxy) is 1. The first kappa shape index (κ1) is 17.8. The van der Waals surface area contributed by atoms with Gasteiger partial charge in [0.05, 0.1) is 6.61 Å². The summed E-state index contributed by atoms with van der Waals surface area (Å²) in [6.07, 6.45) is -8.50. The number of primary amides is 1. The number of hydrogen-bond donors (Lipinski definition) is 4. The van der Waals surface area contributed by atoms with E-state index in [-0.39, 0.29) is 5.82 Å². The fourth-order valence-electron chi connectivity index (χ4n) is 1.83. The van der Waals surface area contributed by atoms with Crippen molar-refractivity contribution in [3.63, 3.8) is 0 Å². The summed E-state index contributed by atoms with van der Waals surface area (Å²) in [6, 6.07) is 0. The van der Waals surface area contributed by atoms with Gasteiger partial charge in [0.1, 0.15) is 24.6 Å². The zero-order valence-electron chi connectivity index (χ0n) is 11.3. The molecule has 0 saturated carbocycles. The highest BCUT2D eigenvalue weighted by atomic mass is 31.2. The first-order chi connectivity index (χ1) is 10.6. The van der Waals surface area contributed by atoms with Gasteiger partial charge in [0.2, 0.25) is 5.82 Å². The molecular formula is C9H13F2N4O7P. The molecule has 5 N–H and O–H groups in total. The fourth-order valence-corrected chi connectivity index (χ4v) is 2.31. The number of amides is 1. The van der Waals surface area contributed by atoms with E-state index in [1.807, 2.05) is 0 Å². The second-order valence-corrected chi connectivity index (χ2v) is 6.37. The standard InChI is InChI=1S/C9H13F2N4O7P/c10-9(11)23(19,20)21-1-3-4(16)5(17)8(22-3)15-2-13-7(14-15)6(12)18/h2-5,8-9,16-17H,1H2,(H2,12,18)(H,19,20)/t3-,4+,5?,8-/m1/s1. The lowest BCUT2D eigenvalue weighted by Gasteiger charge is -2.17. The quantitative estimate of drug-likeness (QED) is 0.438. The molecule has 0 bridgehead atoms. The van der Waals surface area contributed by atoms with Crippen molar-refractivity contribution in [1.29, 1.82) is 0 Å². The molecule has 0 spiro atoms. The monoisotopic (exact) mass is 358 g/mol. The predicted molar refractivity (Wildman–Crippen MR) is 66.2 cm³/mol. The molecule has 130 valence electrons. The molecule has 1 amide bonds. The molecule has 2 heterocycles. The van der Waals surface area contributed by atoms with E-state index in [0.29, 0.717) is 0 Å². The minimum atomic E-state index is -5.17. The van der Waals surface area contributed by atoms with Crippen LogP contribution in [0.15, 0.2) is 6.33 Å². The molecular weight excluding hydrogens is 345 g/mol. The first-order valence-electron chi connectivity index (χ1n) is 6.11. The second-order valence-electron chi connectivity index (χ2n) is 4.60. The lowest BCUT2D eigenvalue weighted by molar-refractivity contribution is -0.0575. The Balaban J connectivity index is 2.05. The van der Waals surface area contributed by atoms with Crippen LogP contribution >= 0.6 is 7.60 Å². The maximum atomic E-state index is 12.2. The molecule has 1 aliphatic heterocycles. The Morgan fingerprint density at radius 2 is 2.17 bits per heavy atom. The SMILES string of the molecule is NC(=O)c1ncn([C@@H]2O[C@H](COP(=O)(O)C(F)F)[C@H](O)C2O)n1. The highest BCUT2D eigenvalue weighted by Gasteiger charge is 2.46. The summed E-state index contributed by atoms with van der Waals surface area (Å²) in [6.45, 7) is -0.871. The molecule has 1 aromatic rings. The summed E-state index contributed by atoms with van der Waals surface area (Å²) in [4.78, 5) is 23.3. The molecule has 11 nitrogen and oxygen atoms in total. The average molecular weight is 358 g/mol. The number of nitrogens with two attached hydrogens (primary N) is 1.